The minimum absolute atomic E-state index is 0.581. The van der Waals surface area contributed by atoms with Gasteiger partial charge >= 0.3 is 0 Å². The lowest BCUT2D eigenvalue weighted by Gasteiger charge is -2.02. The van der Waals surface area contributed by atoms with E-state index in [9.17, 15) is 0 Å². The second-order valence-corrected chi connectivity index (χ2v) is 8.66. The minimum Gasteiger partial charge on any atom is -0.397 e. The van der Waals surface area contributed by atoms with Crippen molar-refractivity contribution in [2.24, 2.45) is 0 Å². The third kappa shape index (κ3) is 3.02. The summed E-state index contributed by atoms with van der Waals surface area (Å²) < 4.78 is 0.717. The molecule has 0 aliphatic heterocycles. The third-order valence-electron chi connectivity index (χ3n) is 4.92. The summed E-state index contributed by atoms with van der Waals surface area (Å²) in [7, 11) is 0. The highest BCUT2D eigenvalue weighted by molar-refractivity contribution is 7.19. The van der Waals surface area contributed by atoms with Gasteiger partial charge in [-0.05, 0) is 30.3 Å². The molecule has 0 aliphatic carbocycles. The number of aromatic nitrogens is 7. The molecule has 0 unspecified atom stereocenters. The molecule has 0 saturated heterocycles. The molecule has 4 N–H and O–H groups in total. The van der Waals surface area contributed by atoms with Gasteiger partial charge in [0, 0.05) is 34.6 Å². The van der Waals surface area contributed by atoms with Crippen molar-refractivity contribution in [1.29, 1.82) is 0 Å². The topological polar surface area (TPSA) is 122 Å². The fourth-order valence-electron chi connectivity index (χ4n) is 3.51. The van der Waals surface area contributed by atoms with Gasteiger partial charge in [0.1, 0.15) is 11.0 Å². The number of nitrogen functional groups attached to an aromatic ring is 1. The normalized spacial score (nSPS) is 11.5. The molecule has 0 aliphatic rings. The number of rotatable bonds is 3. The Labute approximate surface area is 184 Å². The molecule has 0 amide bonds. The maximum atomic E-state index is 6.12. The molecule has 0 aromatic carbocycles. The minimum atomic E-state index is 0.581. The number of thiophene rings is 1. The molecule has 0 fully saturated rings. The molecule has 31 heavy (non-hydrogen) atoms. The van der Waals surface area contributed by atoms with Crippen LogP contribution in [-0.4, -0.2) is 35.1 Å². The molecule has 0 spiro atoms. The van der Waals surface area contributed by atoms with Crippen molar-refractivity contribution < 1.29 is 0 Å². The number of halogens is 1. The quantitative estimate of drug-likeness (QED) is 0.356. The molecule has 10 heteroatoms. The second kappa shape index (κ2) is 6.86. The number of aromatic amines is 2. The van der Waals surface area contributed by atoms with Crippen molar-refractivity contribution in [2.45, 2.75) is 0 Å². The zero-order valence-corrected chi connectivity index (χ0v) is 17.4. The molecule has 0 radical (unpaired) electrons. The first kappa shape index (κ1) is 18.0. The number of nitrogens with one attached hydrogen (secondary N) is 2. The van der Waals surface area contributed by atoms with Crippen LogP contribution in [0.2, 0.25) is 4.34 Å². The Balaban J connectivity index is 1.51. The van der Waals surface area contributed by atoms with E-state index in [4.69, 9.17) is 27.3 Å². The van der Waals surface area contributed by atoms with Gasteiger partial charge in [0.2, 0.25) is 0 Å². The Morgan fingerprint density at radius 3 is 2.65 bits per heavy atom. The molecule has 0 bridgehead atoms. The van der Waals surface area contributed by atoms with Gasteiger partial charge in [-0.1, -0.05) is 11.6 Å². The highest BCUT2D eigenvalue weighted by Crippen LogP contribution is 2.35. The maximum Gasteiger partial charge on any atom is 0.161 e. The molecule has 6 heterocycles. The van der Waals surface area contributed by atoms with E-state index in [2.05, 4.69) is 25.1 Å². The van der Waals surface area contributed by atoms with E-state index in [0.29, 0.717) is 27.1 Å². The van der Waals surface area contributed by atoms with E-state index in [0.717, 1.165) is 38.2 Å². The van der Waals surface area contributed by atoms with Gasteiger partial charge in [0.05, 0.1) is 32.9 Å². The third-order valence-corrected chi connectivity index (χ3v) is 6.18. The lowest BCUT2D eigenvalue weighted by molar-refractivity contribution is 1.10. The first-order valence-electron chi connectivity index (χ1n) is 9.31. The van der Waals surface area contributed by atoms with Crippen molar-refractivity contribution in [2.75, 3.05) is 5.73 Å². The van der Waals surface area contributed by atoms with Crippen LogP contribution in [0.25, 0.3) is 55.3 Å². The number of pyridine rings is 3. The number of imidazole rings is 1. The van der Waals surface area contributed by atoms with Crippen molar-refractivity contribution in [3.05, 3.63) is 59.5 Å². The van der Waals surface area contributed by atoms with Crippen LogP contribution in [0.4, 0.5) is 5.69 Å². The molecule has 150 valence electrons. The number of hydrogen-bond acceptors (Lipinski definition) is 7. The summed E-state index contributed by atoms with van der Waals surface area (Å²) >= 11 is 7.61. The average Bonchev–Trinajstić information content (AvgIpc) is 3.50. The zero-order chi connectivity index (χ0) is 20.9. The van der Waals surface area contributed by atoms with Crippen LogP contribution in [0.1, 0.15) is 0 Å². The number of nitrogens with two attached hydrogens (primary N) is 1. The Hall–Kier alpha value is -3.82. The first-order valence-corrected chi connectivity index (χ1v) is 10.5. The maximum absolute atomic E-state index is 6.12. The standard InChI is InChI=1S/C21H13ClN8S/c22-17-4-3-16(31-17)12-8-25-9-15-18(12)28-21(27-15)20-19-14(29-30-20)2-1-13(26-19)10-5-11(23)7-24-6-10/h1-9H,23H2,(H,27,28)(H,29,30). The van der Waals surface area contributed by atoms with Crippen molar-refractivity contribution in [3.63, 3.8) is 0 Å². The number of anilines is 1. The van der Waals surface area contributed by atoms with Crippen LogP contribution in [-0.2, 0) is 0 Å². The van der Waals surface area contributed by atoms with Crippen LogP contribution in [0, 0.1) is 0 Å². The van der Waals surface area contributed by atoms with Gasteiger partial charge in [0.15, 0.2) is 11.5 Å². The predicted molar refractivity (Wildman–Crippen MR) is 123 cm³/mol. The fourth-order valence-corrected chi connectivity index (χ4v) is 4.56. The van der Waals surface area contributed by atoms with Gasteiger partial charge in [-0.2, -0.15) is 5.10 Å². The largest absolute Gasteiger partial charge is 0.397 e. The summed E-state index contributed by atoms with van der Waals surface area (Å²) in [4.78, 5) is 22.4. The van der Waals surface area contributed by atoms with Crippen molar-refractivity contribution in [1.82, 2.24) is 35.1 Å². The summed E-state index contributed by atoms with van der Waals surface area (Å²) in [6.07, 6.45) is 6.87. The van der Waals surface area contributed by atoms with Crippen molar-refractivity contribution >= 4 is 50.7 Å². The predicted octanol–water partition coefficient (Wildman–Crippen LogP) is 4.92. The number of nitrogens with zero attached hydrogens (tertiary/aromatic N) is 5. The van der Waals surface area contributed by atoms with E-state index >= 15 is 0 Å². The fraction of sp³-hybridized carbons (Fsp3) is 0. The number of H-pyrrole nitrogens is 2. The molecule has 6 aromatic heterocycles. The smallest absolute Gasteiger partial charge is 0.161 e. The van der Waals surface area contributed by atoms with Crippen LogP contribution in [0.3, 0.4) is 0 Å². The van der Waals surface area contributed by atoms with Gasteiger partial charge in [-0.25, -0.2) is 9.97 Å². The summed E-state index contributed by atoms with van der Waals surface area (Å²) in [6.45, 7) is 0. The van der Waals surface area contributed by atoms with E-state index in [1.165, 1.54) is 11.3 Å². The highest BCUT2D eigenvalue weighted by atomic mass is 35.5. The highest BCUT2D eigenvalue weighted by Gasteiger charge is 2.17. The first-order chi connectivity index (χ1) is 15.2. The Morgan fingerprint density at radius 1 is 0.903 bits per heavy atom. The number of hydrogen-bond donors (Lipinski definition) is 3. The summed E-state index contributed by atoms with van der Waals surface area (Å²) in [5, 5.41) is 7.49. The zero-order valence-electron chi connectivity index (χ0n) is 15.8. The Bertz CT molecular complexity index is 1580. The van der Waals surface area contributed by atoms with Gasteiger partial charge < -0.3 is 10.7 Å². The van der Waals surface area contributed by atoms with Gasteiger partial charge in [-0.3, -0.25) is 15.1 Å². The summed E-state index contributed by atoms with van der Waals surface area (Å²) in [6, 6.07) is 9.51. The van der Waals surface area contributed by atoms with Gasteiger partial charge in [0.25, 0.3) is 0 Å². The molecule has 0 saturated carbocycles. The number of fused-ring (bicyclic) bond motifs is 2. The van der Waals surface area contributed by atoms with Crippen LogP contribution in [0.15, 0.2) is 55.1 Å². The molecule has 6 rings (SSSR count). The van der Waals surface area contributed by atoms with E-state index in [1.54, 1.807) is 24.8 Å². The average molecular weight is 445 g/mol. The Morgan fingerprint density at radius 2 is 1.81 bits per heavy atom. The second-order valence-electron chi connectivity index (χ2n) is 6.94. The molecule has 6 aromatic rings. The summed E-state index contributed by atoms with van der Waals surface area (Å²) in [5.41, 5.74) is 12.7. The van der Waals surface area contributed by atoms with Gasteiger partial charge in [-0.15, -0.1) is 11.3 Å². The SMILES string of the molecule is Nc1cncc(-c2ccc3[nH]nc(-c4nc5c(-c6ccc(Cl)s6)cncc5[nH]4)c3n2)c1. The lowest BCUT2D eigenvalue weighted by Crippen LogP contribution is -1.90. The summed E-state index contributed by atoms with van der Waals surface area (Å²) in [5.74, 6) is 0.605. The van der Waals surface area contributed by atoms with E-state index < -0.39 is 0 Å². The monoisotopic (exact) mass is 444 g/mol. The molecule has 8 nitrogen and oxygen atoms in total. The lowest BCUT2D eigenvalue weighted by atomic mass is 10.1. The van der Waals surface area contributed by atoms with Crippen LogP contribution >= 0.6 is 22.9 Å². The van der Waals surface area contributed by atoms with Crippen LogP contribution in [0.5, 0.6) is 0 Å². The molecular weight excluding hydrogens is 432 g/mol. The Kier molecular flexibility index (Phi) is 3.98. The van der Waals surface area contributed by atoms with Crippen LogP contribution < -0.4 is 5.73 Å². The molecular formula is C21H13ClN8S. The molecule has 0 atom stereocenters. The van der Waals surface area contributed by atoms with E-state index in [-0.39, 0.29) is 0 Å². The van der Waals surface area contributed by atoms with E-state index in [1.807, 2.05) is 30.3 Å². The van der Waals surface area contributed by atoms with Crippen molar-refractivity contribution in [3.8, 4) is 33.2 Å².